The molecule has 8 nitrogen and oxygen atoms in total. The summed E-state index contributed by atoms with van der Waals surface area (Å²) in [6.07, 6.45) is 0.613. The van der Waals surface area contributed by atoms with E-state index in [1.807, 2.05) is 42.2 Å². The van der Waals surface area contributed by atoms with Crippen molar-refractivity contribution in [3.05, 3.63) is 63.6 Å². The van der Waals surface area contributed by atoms with E-state index in [1.54, 1.807) is 19.1 Å². The molecule has 0 spiro atoms. The number of nitrogens with zero attached hydrogens (tertiary/aromatic N) is 3. The van der Waals surface area contributed by atoms with Gasteiger partial charge in [-0.05, 0) is 47.9 Å². The first-order valence-electron chi connectivity index (χ1n) is 11.2. The number of morpholine rings is 1. The zero-order valence-corrected chi connectivity index (χ0v) is 19.4. The van der Waals surface area contributed by atoms with Gasteiger partial charge in [0, 0.05) is 44.4 Å². The van der Waals surface area contributed by atoms with Crippen LogP contribution in [0.15, 0.2) is 41.2 Å². The highest BCUT2D eigenvalue weighted by Gasteiger charge is 2.17. The number of carbonyl (C=O) groups excluding carboxylic acids is 1. The van der Waals surface area contributed by atoms with E-state index in [9.17, 15) is 9.59 Å². The first-order chi connectivity index (χ1) is 15.9. The van der Waals surface area contributed by atoms with E-state index in [0.717, 1.165) is 22.1 Å². The van der Waals surface area contributed by atoms with E-state index in [2.05, 4.69) is 16.0 Å². The molecular formula is C25H30N4O4. The van der Waals surface area contributed by atoms with Gasteiger partial charge in [0.05, 0.1) is 20.3 Å². The summed E-state index contributed by atoms with van der Waals surface area (Å²) >= 11 is 0. The highest BCUT2D eigenvalue weighted by Crippen LogP contribution is 2.22. The highest BCUT2D eigenvalue weighted by atomic mass is 16.5. The number of benzene rings is 2. The molecule has 2 aromatic carbocycles. The molecule has 0 aliphatic carbocycles. The van der Waals surface area contributed by atoms with Crippen LogP contribution in [0.3, 0.4) is 0 Å². The second-order valence-electron chi connectivity index (χ2n) is 8.35. The van der Waals surface area contributed by atoms with Gasteiger partial charge in [-0.2, -0.15) is 0 Å². The first kappa shape index (κ1) is 22.8. The number of hydrogen-bond acceptors (Lipinski definition) is 6. The third-order valence-corrected chi connectivity index (χ3v) is 6.07. The Labute approximate surface area is 193 Å². The Morgan fingerprint density at radius 1 is 1.18 bits per heavy atom. The fourth-order valence-corrected chi connectivity index (χ4v) is 4.10. The molecule has 4 rings (SSSR count). The maximum Gasteiger partial charge on any atom is 0.255 e. The molecule has 1 aromatic heterocycles. The lowest BCUT2D eigenvalue weighted by molar-refractivity contribution is -0.130. The van der Waals surface area contributed by atoms with E-state index < -0.39 is 0 Å². The van der Waals surface area contributed by atoms with Crippen LogP contribution in [0.5, 0.6) is 5.75 Å². The Morgan fingerprint density at radius 2 is 1.91 bits per heavy atom. The lowest BCUT2D eigenvalue weighted by Crippen LogP contribution is -2.38. The van der Waals surface area contributed by atoms with Crippen LogP contribution in [0.4, 0.5) is 5.95 Å². The van der Waals surface area contributed by atoms with Crippen LogP contribution in [0.25, 0.3) is 10.8 Å². The Morgan fingerprint density at radius 3 is 2.64 bits per heavy atom. The molecule has 1 N–H and O–H groups in total. The lowest BCUT2D eigenvalue weighted by atomic mass is 10.1. The monoisotopic (exact) mass is 450 g/mol. The standard InChI is InChI=1S/C25H30N4O4/c1-17-22(24(31)27-25(26-17)29-10-12-33-13-11-29)8-9-23(30)28(2)16-18-4-5-20-15-21(32-3)7-6-19(20)14-18/h4-7,14-15H,8-13,16H2,1-3H3,(H,26,27,31). The van der Waals surface area contributed by atoms with Gasteiger partial charge in [-0.1, -0.05) is 18.2 Å². The molecule has 8 heteroatoms. The molecule has 1 aliphatic rings. The largest absolute Gasteiger partial charge is 0.497 e. The van der Waals surface area contributed by atoms with Gasteiger partial charge in [0.25, 0.3) is 5.56 Å². The van der Waals surface area contributed by atoms with E-state index >= 15 is 0 Å². The van der Waals surface area contributed by atoms with Gasteiger partial charge in [0.2, 0.25) is 11.9 Å². The van der Waals surface area contributed by atoms with Crippen molar-refractivity contribution in [1.29, 1.82) is 0 Å². The predicted molar refractivity (Wildman–Crippen MR) is 128 cm³/mol. The number of methoxy groups -OCH3 is 1. The van der Waals surface area contributed by atoms with Crippen LogP contribution in [0.1, 0.15) is 23.2 Å². The van der Waals surface area contributed by atoms with Gasteiger partial charge in [-0.15, -0.1) is 0 Å². The SMILES string of the molecule is COc1ccc2cc(CN(C)C(=O)CCc3c(C)nc(N4CCOCC4)[nH]c3=O)ccc2c1. The van der Waals surface area contributed by atoms with Crippen LogP contribution in [0, 0.1) is 6.92 Å². The fourth-order valence-electron chi connectivity index (χ4n) is 4.10. The van der Waals surface area contributed by atoms with Crippen molar-refractivity contribution < 1.29 is 14.3 Å². The second-order valence-corrected chi connectivity index (χ2v) is 8.35. The molecule has 33 heavy (non-hydrogen) atoms. The van der Waals surface area contributed by atoms with Crippen molar-refractivity contribution in [1.82, 2.24) is 14.9 Å². The summed E-state index contributed by atoms with van der Waals surface area (Å²) in [6.45, 7) is 4.98. The molecule has 174 valence electrons. The third-order valence-electron chi connectivity index (χ3n) is 6.07. The topological polar surface area (TPSA) is 87.8 Å². The summed E-state index contributed by atoms with van der Waals surface area (Å²) in [7, 11) is 3.44. The number of amides is 1. The predicted octanol–water partition coefficient (Wildman–Crippen LogP) is 2.67. The number of H-pyrrole nitrogens is 1. The van der Waals surface area contributed by atoms with E-state index in [-0.39, 0.29) is 17.9 Å². The molecule has 2 heterocycles. The first-order valence-corrected chi connectivity index (χ1v) is 11.2. The van der Waals surface area contributed by atoms with Crippen LogP contribution in [0.2, 0.25) is 0 Å². The van der Waals surface area contributed by atoms with Crippen LogP contribution < -0.4 is 15.2 Å². The molecule has 1 aliphatic heterocycles. The summed E-state index contributed by atoms with van der Waals surface area (Å²) in [6, 6.07) is 12.1. The van der Waals surface area contributed by atoms with Crippen molar-refractivity contribution in [3.8, 4) is 5.75 Å². The summed E-state index contributed by atoms with van der Waals surface area (Å²) in [5.41, 5.74) is 2.10. The molecule has 1 amide bonds. The average molecular weight is 451 g/mol. The maximum atomic E-state index is 12.8. The number of aromatic nitrogens is 2. The molecular weight excluding hydrogens is 420 g/mol. The number of nitrogens with one attached hydrogen (secondary N) is 1. The van der Waals surface area contributed by atoms with Gasteiger partial charge in [0.15, 0.2) is 0 Å². The number of aromatic amines is 1. The summed E-state index contributed by atoms with van der Waals surface area (Å²) in [5.74, 6) is 1.38. The number of hydrogen-bond donors (Lipinski definition) is 1. The van der Waals surface area contributed by atoms with E-state index in [4.69, 9.17) is 9.47 Å². The molecule has 0 saturated carbocycles. The zero-order valence-electron chi connectivity index (χ0n) is 19.4. The fraction of sp³-hybridized carbons (Fsp3) is 0.400. The zero-order chi connectivity index (χ0) is 23.4. The van der Waals surface area contributed by atoms with Crippen molar-refractivity contribution in [2.75, 3.05) is 45.4 Å². The lowest BCUT2D eigenvalue weighted by Gasteiger charge is -2.27. The Hall–Kier alpha value is -3.39. The van der Waals surface area contributed by atoms with Crippen molar-refractivity contribution in [3.63, 3.8) is 0 Å². The number of ether oxygens (including phenoxy) is 2. The molecule has 0 atom stereocenters. The molecule has 0 bridgehead atoms. The summed E-state index contributed by atoms with van der Waals surface area (Å²) < 4.78 is 10.6. The quantitative estimate of drug-likeness (QED) is 0.596. The van der Waals surface area contributed by atoms with E-state index in [1.165, 1.54) is 0 Å². The van der Waals surface area contributed by atoms with Gasteiger partial charge in [0.1, 0.15) is 5.75 Å². The summed E-state index contributed by atoms with van der Waals surface area (Å²) in [4.78, 5) is 36.6. The minimum atomic E-state index is -0.176. The summed E-state index contributed by atoms with van der Waals surface area (Å²) in [5, 5.41) is 2.19. The van der Waals surface area contributed by atoms with Gasteiger partial charge >= 0.3 is 0 Å². The number of aryl methyl sites for hydroxylation is 1. The van der Waals surface area contributed by atoms with Crippen molar-refractivity contribution >= 4 is 22.6 Å². The Bertz CT molecular complexity index is 1200. The Kier molecular flexibility index (Phi) is 6.93. The molecule has 0 radical (unpaired) electrons. The van der Waals surface area contributed by atoms with Gasteiger partial charge < -0.3 is 19.3 Å². The minimum absolute atomic E-state index is 0.0131. The van der Waals surface area contributed by atoms with Crippen molar-refractivity contribution in [2.45, 2.75) is 26.3 Å². The number of carbonyl (C=O) groups is 1. The van der Waals surface area contributed by atoms with Gasteiger partial charge in [-0.25, -0.2) is 4.98 Å². The highest BCUT2D eigenvalue weighted by molar-refractivity contribution is 5.84. The maximum absolute atomic E-state index is 12.8. The normalized spacial score (nSPS) is 13.8. The second kappa shape index (κ2) is 10.0. The minimum Gasteiger partial charge on any atom is -0.497 e. The smallest absolute Gasteiger partial charge is 0.255 e. The Balaban J connectivity index is 1.38. The molecule has 0 unspecified atom stereocenters. The van der Waals surface area contributed by atoms with Crippen LogP contribution in [-0.2, 0) is 22.5 Å². The molecule has 3 aromatic rings. The average Bonchev–Trinajstić information content (AvgIpc) is 2.83. The molecule has 1 fully saturated rings. The number of fused-ring (bicyclic) bond motifs is 1. The van der Waals surface area contributed by atoms with Crippen LogP contribution in [-0.4, -0.2) is 61.2 Å². The third kappa shape index (κ3) is 5.34. The molecule has 1 saturated heterocycles. The number of anilines is 1. The van der Waals surface area contributed by atoms with Crippen LogP contribution >= 0.6 is 0 Å². The van der Waals surface area contributed by atoms with E-state index in [0.29, 0.717) is 56.5 Å². The number of rotatable bonds is 7. The van der Waals surface area contributed by atoms with Gasteiger partial charge in [-0.3, -0.25) is 14.6 Å². The van der Waals surface area contributed by atoms with Crippen molar-refractivity contribution in [2.24, 2.45) is 0 Å².